The molecule has 1 nitrogen and oxygen atoms in total. The molecule has 0 aliphatic carbocycles. The molecule has 0 aromatic rings. The lowest BCUT2D eigenvalue weighted by Crippen LogP contribution is -2.14. The Labute approximate surface area is 82.2 Å². The van der Waals surface area contributed by atoms with Crippen LogP contribution in [0.25, 0.3) is 0 Å². The third-order valence-electron chi connectivity index (χ3n) is 2.69. The van der Waals surface area contributed by atoms with Crippen LogP contribution in [0.3, 0.4) is 0 Å². The highest BCUT2D eigenvalue weighted by Gasteiger charge is 2.20. The van der Waals surface area contributed by atoms with Gasteiger partial charge in [-0.2, -0.15) is 0 Å². The van der Waals surface area contributed by atoms with Crippen molar-refractivity contribution in [1.82, 2.24) is 0 Å². The van der Waals surface area contributed by atoms with E-state index in [2.05, 4.69) is 27.4 Å². The number of aldehydes is 1. The van der Waals surface area contributed by atoms with Crippen molar-refractivity contribution in [2.75, 3.05) is 0 Å². The standard InChI is InChI=1S/C12H22O/c1-5-6-7-9-12(3,4)11(2)8-10-13/h10H,2,5-9H2,1,3-4H3. The Morgan fingerprint density at radius 1 is 1.38 bits per heavy atom. The van der Waals surface area contributed by atoms with Crippen molar-refractivity contribution in [1.29, 1.82) is 0 Å². The van der Waals surface area contributed by atoms with Crippen LogP contribution in [-0.2, 0) is 4.79 Å². The quantitative estimate of drug-likeness (QED) is 0.333. The lowest BCUT2D eigenvalue weighted by molar-refractivity contribution is -0.107. The molecule has 0 saturated heterocycles. The summed E-state index contributed by atoms with van der Waals surface area (Å²) < 4.78 is 0. The van der Waals surface area contributed by atoms with Gasteiger partial charge in [-0.15, -0.1) is 0 Å². The lowest BCUT2D eigenvalue weighted by Gasteiger charge is -2.26. The van der Waals surface area contributed by atoms with Crippen LogP contribution in [0, 0.1) is 5.41 Å². The van der Waals surface area contributed by atoms with E-state index in [1.165, 1.54) is 19.3 Å². The first-order valence-electron chi connectivity index (χ1n) is 5.16. The Bertz CT molecular complexity index is 168. The highest BCUT2D eigenvalue weighted by Crippen LogP contribution is 2.32. The maximum absolute atomic E-state index is 10.3. The van der Waals surface area contributed by atoms with Crippen LogP contribution in [0.5, 0.6) is 0 Å². The molecule has 0 N–H and O–H groups in total. The molecule has 0 aromatic heterocycles. The number of allylic oxidation sites excluding steroid dienone is 1. The Kier molecular flexibility index (Phi) is 5.68. The first-order chi connectivity index (χ1) is 6.04. The molecule has 0 radical (unpaired) electrons. The summed E-state index contributed by atoms with van der Waals surface area (Å²) in [6.07, 6.45) is 6.37. The second kappa shape index (κ2) is 5.95. The van der Waals surface area contributed by atoms with Gasteiger partial charge in [-0.1, -0.05) is 52.2 Å². The van der Waals surface area contributed by atoms with Gasteiger partial charge in [-0.25, -0.2) is 0 Å². The van der Waals surface area contributed by atoms with E-state index in [1.807, 2.05) is 0 Å². The third-order valence-corrected chi connectivity index (χ3v) is 2.69. The minimum absolute atomic E-state index is 0.135. The summed E-state index contributed by atoms with van der Waals surface area (Å²) in [6.45, 7) is 10.5. The molecule has 1 heteroatoms. The molecule has 0 atom stereocenters. The Hall–Kier alpha value is -0.590. The first kappa shape index (κ1) is 12.4. The lowest BCUT2D eigenvalue weighted by atomic mass is 9.79. The summed E-state index contributed by atoms with van der Waals surface area (Å²) in [5, 5.41) is 0. The van der Waals surface area contributed by atoms with Crippen LogP contribution in [0.2, 0.25) is 0 Å². The summed E-state index contributed by atoms with van der Waals surface area (Å²) in [6, 6.07) is 0. The predicted octanol–water partition coefficient (Wildman–Crippen LogP) is 3.74. The second-order valence-corrected chi connectivity index (χ2v) is 4.32. The topological polar surface area (TPSA) is 17.1 Å². The van der Waals surface area contributed by atoms with E-state index in [9.17, 15) is 4.79 Å². The predicted molar refractivity (Wildman–Crippen MR) is 57.7 cm³/mol. The third kappa shape index (κ3) is 4.87. The van der Waals surface area contributed by atoms with Gasteiger partial charge in [0.15, 0.2) is 0 Å². The maximum atomic E-state index is 10.3. The molecule has 0 bridgehead atoms. The zero-order chi connectivity index (χ0) is 10.3. The largest absolute Gasteiger partial charge is 0.303 e. The molecular formula is C12H22O. The van der Waals surface area contributed by atoms with Crippen LogP contribution in [-0.4, -0.2) is 6.29 Å². The van der Waals surface area contributed by atoms with Crippen molar-refractivity contribution in [3.63, 3.8) is 0 Å². The van der Waals surface area contributed by atoms with Crippen LogP contribution in [0.15, 0.2) is 12.2 Å². The van der Waals surface area contributed by atoms with E-state index in [0.717, 1.165) is 18.3 Å². The molecule has 0 rings (SSSR count). The molecule has 0 unspecified atom stereocenters. The highest BCUT2D eigenvalue weighted by molar-refractivity contribution is 5.54. The molecule has 76 valence electrons. The fraction of sp³-hybridized carbons (Fsp3) is 0.750. The second-order valence-electron chi connectivity index (χ2n) is 4.32. The monoisotopic (exact) mass is 182 g/mol. The van der Waals surface area contributed by atoms with Gasteiger partial charge in [-0.05, 0) is 11.8 Å². The van der Waals surface area contributed by atoms with Crippen molar-refractivity contribution in [2.45, 2.75) is 52.9 Å². The van der Waals surface area contributed by atoms with Crippen molar-refractivity contribution in [3.05, 3.63) is 12.2 Å². The minimum Gasteiger partial charge on any atom is -0.303 e. The van der Waals surface area contributed by atoms with Crippen LogP contribution >= 0.6 is 0 Å². The van der Waals surface area contributed by atoms with Gasteiger partial charge in [-0.3, -0.25) is 0 Å². The zero-order valence-electron chi connectivity index (χ0n) is 9.23. The van der Waals surface area contributed by atoms with Crippen molar-refractivity contribution < 1.29 is 4.79 Å². The van der Waals surface area contributed by atoms with Gasteiger partial charge < -0.3 is 4.79 Å². The fourth-order valence-electron chi connectivity index (χ4n) is 1.37. The molecule has 0 spiro atoms. The summed E-state index contributed by atoms with van der Waals surface area (Å²) in [5.74, 6) is 0. The van der Waals surface area contributed by atoms with Gasteiger partial charge in [0.25, 0.3) is 0 Å². The molecule has 13 heavy (non-hydrogen) atoms. The van der Waals surface area contributed by atoms with E-state index >= 15 is 0 Å². The Morgan fingerprint density at radius 3 is 2.46 bits per heavy atom. The smallest absolute Gasteiger partial charge is 0.124 e. The van der Waals surface area contributed by atoms with Gasteiger partial charge in [0, 0.05) is 6.42 Å². The fourth-order valence-corrected chi connectivity index (χ4v) is 1.37. The first-order valence-corrected chi connectivity index (χ1v) is 5.16. The summed E-state index contributed by atoms with van der Waals surface area (Å²) >= 11 is 0. The molecule has 0 aliphatic rings. The number of unbranched alkanes of at least 4 members (excludes halogenated alkanes) is 2. The number of hydrogen-bond acceptors (Lipinski definition) is 1. The summed E-state index contributed by atoms with van der Waals surface area (Å²) in [4.78, 5) is 10.3. The van der Waals surface area contributed by atoms with Crippen LogP contribution < -0.4 is 0 Å². The van der Waals surface area contributed by atoms with E-state index in [4.69, 9.17) is 0 Å². The number of carbonyl (C=O) groups is 1. The normalized spacial score (nSPS) is 11.3. The Morgan fingerprint density at radius 2 is 2.00 bits per heavy atom. The average Bonchev–Trinajstić information content (AvgIpc) is 2.05. The highest BCUT2D eigenvalue weighted by atomic mass is 16.1. The zero-order valence-corrected chi connectivity index (χ0v) is 9.23. The van der Waals surface area contributed by atoms with Gasteiger partial charge in [0.05, 0.1) is 0 Å². The van der Waals surface area contributed by atoms with Gasteiger partial charge >= 0.3 is 0 Å². The van der Waals surface area contributed by atoms with E-state index in [1.54, 1.807) is 0 Å². The van der Waals surface area contributed by atoms with E-state index < -0.39 is 0 Å². The molecule has 0 aliphatic heterocycles. The Balaban J connectivity index is 3.90. The SMILES string of the molecule is C=C(CC=O)C(C)(C)CCCCC. The van der Waals surface area contributed by atoms with E-state index in [-0.39, 0.29) is 5.41 Å². The summed E-state index contributed by atoms with van der Waals surface area (Å²) in [5.41, 5.74) is 1.20. The van der Waals surface area contributed by atoms with E-state index in [0.29, 0.717) is 6.42 Å². The van der Waals surface area contributed by atoms with Gasteiger partial charge in [0.1, 0.15) is 6.29 Å². The molecule has 0 fully saturated rings. The van der Waals surface area contributed by atoms with Crippen LogP contribution in [0.1, 0.15) is 52.9 Å². The van der Waals surface area contributed by atoms with Crippen molar-refractivity contribution in [3.8, 4) is 0 Å². The van der Waals surface area contributed by atoms with Crippen molar-refractivity contribution >= 4 is 6.29 Å². The van der Waals surface area contributed by atoms with Gasteiger partial charge in [0.2, 0.25) is 0 Å². The number of hydrogen-bond donors (Lipinski definition) is 0. The number of rotatable bonds is 7. The molecule has 0 heterocycles. The number of carbonyl (C=O) groups excluding carboxylic acids is 1. The average molecular weight is 182 g/mol. The molecular weight excluding hydrogens is 160 g/mol. The summed E-state index contributed by atoms with van der Waals surface area (Å²) in [7, 11) is 0. The molecule has 0 amide bonds. The maximum Gasteiger partial charge on any atom is 0.124 e. The molecule has 0 saturated carbocycles. The minimum atomic E-state index is 0.135. The molecule has 0 aromatic carbocycles. The van der Waals surface area contributed by atoms with Crippen LogP contribution in [0.4, 0.5) is 0 Å². The van der Waals surface area contributed by atoms with Crippen molar-refractivity contribution in [2.24, 2.45) is 5.41 Å².